The minimum atomic E-state index is 0.657. The van der Waals surface area contributed by atoms with Crippen LogP contribution < -0.4 is 0 Å². The van der Waals surface area contributed by atoms with Gasteiger partial charge in [0.25, 0.3) is 0 Å². The number of thiophene rings is 1. The van der Waals surface area contributed by atoms with Crippen molar-refractivity contribution in [2.45, 2.75) is 6.92 Å². The molecule has 0 spiro atoms. The first kappa shape index (κ1) is 22.5. The number of hydrogen-bond donors (Lipinski definition) is 0. The lowest BCUT2D eigenvalue weighted by Gasteiger charge is -2.11. The second kappa shape index (κ2) is 9.29. The smallest absolute Gasteiger partial charge is 0.164 e. The Bertz CT molecular complexity index is 1870. The molecule has 3 aromatic heterocycles. The highest BCUT2D eigenvalue weighted by Gasteiger charge is 2.15. The SMILES string of the molecule is Cc1cc(-c2nc(-c3ccccc3)nc(-c3ccccc3)n2)cc(-c2ccnc3c2sc2ccccc23)c1. The van der Waals surface area contributed by atoms with Gasteiger partial charge in [-0.25, -0.2) is 15.0 Å². The lowest BCUT2D eigenvalue weighted by molar-refractivity contribution is 1.07. The Balaban J connectivity index is 1.43. The van der Waals surface area contributed by atoms with Gasteiger partial charge in [-0.3, -0.25) is 4.98 Å². The second-order valence-electron chi connectivity index (χ2n) is 9.26. The van der Waals surface area contributed by atoms with Gasteiger partial charge in [-0.2, -0.15) is 0 Å². The first-order chi connectivity index (χ1) is 18.7. The number of rotatable bonds is 4. The molecule has 3 heterocycles. The first-order valence-corrected chi connectivity index (χ1v) is 13.3. The van der Waals surface area contributed by atoms with Crippen molar-refractivity contribution in [2.75, 3.05) is 0 Å². The molecule has 0 aliphatic heterocycles. The van der Waals surface area contributed by atoms with Crippen molar-refractivity contribution in [1.29, 1.82) is 0 Å². The predicted molar refractivity (Wildman–Crippen MR) is 157 cm³/mol. The number of pyridine rings is 1. The fourth-order valence-corrected chi connectivity index (χ4v) is 6.03. The first-order valence-electron chi connectivity index (χ1n) is 12.5. The summed E-state index contributed by atoms with van der Waals surface area (Å²) in [5.74, 6) is 1.98. The maximum Gasteiger partial charge on any atom is 0.164 e. The van der Waals surface area contributed by atoms with E-state index < -0.39 is 0 Å². The summed E-state index contributed by atoms with van der Waals surface area (Å²) in [5, 5.41) is 1.19. The molecule has 0 N–H and O–H groups in total. The van der Waals surface area contributed by atoms with Crippen LogP contribution in [0.1, 0.15) is 5.56 Å². The van der Waals surface area contributed by atoms with Crippen LogP contribution in [0.4, 0.5) is 0 Å². The van der Waals surface area contributed by atoms with Gasteiger partial charge in [-0.1, -0.05) is 84.9 Å². The van der Waals surface area contributed by atoms with Crippen LogP contribution in [0, 0.1) is 6.92 Å². The molecule has 7 rings (SSSR count). The predicted octanol–water partition coefficient (Wildman–Crippen LogP) is 8.61. The molecular formula is C33H22N4S. The highest BCUT2D eigenvalue weighted by atomic mass is 32.1. The van der Waals surface area contributed by atoms with E-state index in [9.17, 15) is 0 Å². The highest BCUT2D eigenvalue weighted by Crippen LogP contribution is 2.39. The van der Waals surface area contributed by atoms with Crippen molar-refractivity contribution in [2.24, 2.45) is 0 Å². The molecule has 4 aromatic carbocycles. The Hall–Kier alpha value is -4.74. The van der Waals surface area contributed by atoms with Crippen molar-refractivity contribution in [3.05, 3.63) is 121 Å². The molecule has 4 nitrogen and oxygen atoms in total. The number of aromatic nitrogens is 4. The maximum absolute atomic E-state index is 4.94. The Morgan fingerprint density at radius 3 is 1.82 bits per heavy atom. The summed E-state index contributed by atoms with van der Waals surface area (Å²) in [6.07, 6.45) is 1.91. The van der Waals surface area contributed by atoms with Crippen LogP contribution in [0.15, 0.2) is 115 Å². The quantitative estimate of drug-likeness (QED) is 0.240. The summed E-state index contributed by atoms with van der Waals surface area (Å²) in [7, 11) is 0. The zero-order chi connectivity index (χ0) is 25.5. The van der Waals surface area contributed by atoms with Gasteiger partial charge in [-0.15, -0.1) is 11.3 Å². The van der Waals surface area contributed by atoms with Crippen LogP contribution in [0.25, 0.3) is 65.6 Å². The van der Waals surface area contributed by atoms with E-state index >= 15 is 0 Å². The number of hydrogen-bond acceptors (Lipinski definition) is 5. The third-order valence-electron chi connectivity index (χ3n) is 6.60. The van der Waals surface area contributed by atoms with Gasteiger partial charge >= 0.3 is 0 Å². The molecule has 0 bridgehead atoms. The van der Waals surface area contributed by atoms with Gasteiger partial charge in [0.05, 0.1) is 10.2 Å². The molecule has 0 amide bonds. The normalized spacial score (nSPS) is 11.3. The van der Waals surface area contributed by atoms with Gasteiger partial charge in [0.15, 0.2) is 17.5 Å². The highest BCUT2D eigenvalue weighted by molar-refractivity contribution is 7.26. The van der Waals surface area contributed by atoms with Crippen LogP contribution in [0.2, 0.25) is 0 Å². The van der Waals surface area contributed by atoms with E-state index in [4.69, 9.17) is 19.9 Å². The van der Waals surface area contributed by atoms with E-state index in [2.05, 4.69) is 55.5 Å². The van der Waals surface area contributed by atoms with Gasteiger partial charge in [0.2, 0.25) is 0 Å². The average molecular weight is 507 g/mol. The minimum Gasteiger partial charge on any atom is -0.255 e. The van der Waals surface area contributed by atoms with E-state index in [1.54, 1.807) is 11.3 Å². The molecule has 0 saturated carbocycles. The summed E-state index contributed by atoms with van der Waals surface area (Å²) >= 11 is 1.79. The summed E-state index contributed by atoms with van der Waals surface area (Å²) in [4.78, 5) is 19.4. The number of aryl methyl sites for hydroxylation is 1. The third-order valence-corrected chi connectivity index (χ3v) is 7.80. The maximum atomic E-state index is 4.94. The van der Waals surface area contributed by atoms with E-state index in [1.807, 2.05) is 66.9 Å². The zero-order valence-corrected chi connectivity index (χ0v) is 21.5. The van der Waals surface area contributed by atoms with Crippen LogP contribution in [-0.4, -0.2) is 19.9 Å². The third kappa shape index (κ3) is 4.03. The van der Waals surface area contributed by atoms with Gasteiger partial charge < -0.3 is 0 Å². The number of fused-ring (bicyclic) bond motifs is 3. The fraction of sp³-hybridized carbons (Fsp3) is 0.0303. The van der Waals surface area contributed by atoms with Crippen LogP contribution in [0.3, 0.4) is 0 Å². The molecule has 0 fully saturated rings. The molecule has 38 heavy (non-hydrogen) atoms. The molecular weight excluding hydrogens is 484 g/mol. The number of benzene rings is 4. The van der Waals surface area contributed by atoms with E-state index in [0.29, 0.717) is 17.5 Å². The van der Waals surface area contributed by atoms with E-state index in [0.717, 1.165) is 33.3 Å². The molecule has 7 aromatic rings. The molecule has 0 aliphatic rings. The lowest BCUT2D eigenvalue weighted by atomic mass is 10.00. The molecule has 180 valence electrons. The topological polar surface area (TPSA) is 51.6 Å². The van der Waals surface area contributed by atoms with Gasteiger partial charge in [0.1, 0.15) is 0 Å². The zero-order valence-electron chi connectivity index (χ0n) is 20.7. The Morgan fingerprint density at radius 2 is 1.13 bits per heavy atom. The molecule has 0 atom stereocenters. The Labute approximate surface area is 224 Å². The van der Waals surface area contributed by atoms with Crippen LogP contribution >= 0.6 is 11.3 Å². The monoisotopic (exact) mass is 506 g/mol. The van der Waals surface area contributed by atoms with Crippen molar-refractivity contribution < 1.29 is 0 Å². The summed E-state index contributed by atoms with van der Waals surface area (Å²) in [5.41, 5.74) is 7.37. The lowest BCUT2D eigenvalue weighted by Crippen LogP contribution is -2.00. The van der Waals surface area contributed by atoms with Crippen LogP contribution in [0.5, 0.6) is 0 Å². The van der Waals surface area contributed by atoms with Gasteiger partial charge in [0, 0.05) is 38.5 Å². The largest absolute Gasteiger partial charge is 0.255 e. The van der Waals surface area contributed by atoms with Crippen molar-refractivity contribution in [3.8, 4) is 45.3 Å². The fourth-order valence-electron chi connectivity index (χ4n) is 4.84. The second-order valence-corrected chi connectivity index (χ2v) is 10.3. The average Bonchev–Trinajstić information content (AvgIpc) is 3.36. The van der Waals surface area contributed by atoms with Gasteiger partial charge in [-0.05, 0) is 42.3 Å². The summed E-state index contributed by atoms with van der Waals surface area (Å²) in [6, 6.07) is 37.3. The standard InChI is InChI=1S/C33H22N4S/c1-21-18-24(26-16-17-34-29-27-14-8-9-15-28(27)38-30(26)29)20-25(19-21)33-36-31(22-10-4-2-5-11-22)35-32(37-33)23-12-6-3-7-13-23/h2-20H,1H3. The molecule has 5 heteroatoms. The molecule has 0 saturated heterocycles. The van der Waals surface area contributed by atoms with Crippen molar-refractivity contribution in [3.63, 3.8) is 0 Å². The Morgan fingerprint density at radius 1 is 0.553 bits per heavy atom. The number of nitrogens with zero attached hydrogens (tertiary/aromatic N) is 4. The summed E-state index contributed by atoms with van der Waals surface area (Å²) in [6.45, 7) is 2.12. The van der Waals surface area contributed by atoms with E-state index in [-0.39, 0.29) is 0 Å². The summed E-state index contributed by atoms with van der Waals surface area (Å²) < 4.78 is 2.43. The molecule has 0 unspecified atom stereocenters. The molecule has 0 radical (unpaired) electrons. The molecule has 0 aliphatic carbocycles. The van der Waals surface area contributed by atoms with Crippen molar-refractivity contribution >= 4 is 31.6 Å². The van der Waals surface area contributed by atoms with E-state index in [1.165, 1.54) is 20.3 Å². The van der Waals surface area contributed by atoms with Crippen LogP contribution in [-0.2, 0) is 0 Å². The minimum absolute atomic E-state index is 0.657. The Kier molecular flexibility index (Phi) is 5.49. The van der Waals surface area contributed by atoms with Crippen molar-refractivity contribution in [1.82, 2.24) is 19.9 Å².